The molecule has 154 valence electrons. The number of nitrogens with two attached hydrogens (primary N) is 1. The molecule has 0 spiro atoms. The zero-order valence-corrected chi connectivity index (χ0v) is 16.2. The highest BCUT2D eigenvalue weighted by Crippen LogP contribution is 2.34. The van der Waals surface area contributed by atoms with E-state index in [9.17, 15) is 9.90 Å². The fourth-order valence-electron chi connectivity index (χ4n) is 3.71. The van der Waals surface area contributed by atoms with Crippen molar-refractivity contribution in [3.05, 3.63) is 47.0 Å². The third-order valence-electron chi connectivity index (χ3n) is 5.14. The molecule has 4 atom stereocenters. The number of nitrogen functional groups attached to an aromatic ring is 1. The number of H-pyrrole nitrogens is 1. The van der Waals surface area contributed by atoms with E-state index in [0.29, 0.717) is 12.1 Å². The Morgan fingerprint density at radius 1 is 1.41 bits per heavy atom. The van der Waals surface area contributed by atoms with Crippen LogP contribution in [0.4, 0.5) is 5.95 Å². The fourth-order valence-corrected chi connectivity index (χ4v) is 3.71. The highest BCUT2D eigenvalue weighted by molar-refractivity contribution is 5.70. The normalized spacial score (nSPS) is 22.8. The second-order valence-electron chi connectivity index (χ2n) is 7.25. The van der Waals surface area contributed by atoms with E-state index in [4.69, 9.17) is 15.2 Å². The predicted octanol–water partition coefficient (Wildman–Crippen LogP) is 1.99. The van der Waals surface area contributed by atoms with E-state index >= 15 is 0 Å². The Labute approximate surface area is 167 Å². The first-order valence-corrected chi connectivity index (χ1v) is 9.84. The second-order valence-corrected chi connectivity index (χ2v) is 7.25. The molecule has 9 heteroatoms. The van der Waals surface area contributed by atoms with Crippen LogP contribution in [0.2, 0.25) is 0 Å². The molecule has 3 aromatic rings. The average molecular weight is 399 g/mol. The number of rotatable bonds is 7. The van der Waals surface area contributed by atoms with Gasteiger partial charge >= 0.3 is 0 Å². The SMILES string of the molecule is CCCCC(Oc1ccccc1)[C@H]1O[C@@H](n2cnc3c(=O)[nH]c(N)nc32)C[C@@H]1O. The van der Waals surface area contributed by atoms with Gasteiger partial charge in [-0.25, -0.2) is 4.98 Å². The van der Waals surface area contributed by atoms with Gasteiger partial charge in [-0.3, -0.25) is 14.3 Å². The predicted molar refractivity (Wildman–Crippen MR) is 107 cm³/mol. The van der Waals surface area contributed by atoms with Crippen molar-refractivity contribution in [3.63, 3.8) is 0 Å². The van der Waals surface area contributed by atoms with Gasteiger partial charge in [-0.15, -0.1) is 0 Å². The summed E-state index contributed by atoms with van der Waals surface area (Å²) in [5.41, 5.74) is 5.79. The third-order valence-corrected chi connectivity index (χ3v) is 5.14. The maximum absolute atomic E-state index is 12.0. The smallest absolute Gasteiger partial charge is 0.280 e. The maximum atomic E-state index is 12.0. The number of imidazole rings is 1. The van der Waals surface area contributed by atoms with Gasteiger partial charge in [0.15, 0.2) is 11.2 Å². The number of benzene rings is 1. The lowest BCUT2D eigenvalue weighted by Crippen LogP contribution is -2.38. The summed E-state index contributed by atoms with van der Waals surface area (Å²) in [5, 5.41) is 10.7. The van der Waals surface area contributed by atoms with Crippen molar-refractivity contribution >= 4 is 17.1 Å². The fraction of sp³-hybridized carbons (Fsp3) is 0.450. The molecule has 9 nitrogen and oxygen atoms in total. The van der Waals surface area contributed by atoms with Gasteiger partial charge in [0.05, 0.1) is 12.4 Å². The standard InChI is InChI=1S/C20H25N5O4/c1-2-3-9-14(28-12-7-5-4-6-8-12)17-13(26)10-15(29-17)25-11-22-16-18(25)23-20(21)24-19(16)27/h4-8,11,13-15,17,26H,2-3,9-10H2,1H3,(H3,21,23,24,27)/t13-,14?,15+,17-/m0/s1. The van der Waals surface area contributed by atoms with Gasteiger partial charge < -0.3 is 20.3 Å². The Morgan fingerprint density at radius 2 is 2.21 bits per heavy atom. The van der Waals surface area contributed by atoms with Gasteiger partial charge in [0, 0.05) is 6.42 Å². The summed E-state index contributed by atoms with van der Waals surface area (Å²) in [7, 11) is 0. The topological polar surface area (TPSA) is 128 Å². The van der Waals surface area contributed by atoms with Crippen molar-refractivity contribution in [2.24, 2.45) is 0 Å². The van der Waals surface area contributed by atoms with Gasteiger partial charge in [0.1, 0.15) is 24.2 Å². The third kappa shape index (κ3) is 3.96. The first-order valence-electron chi connectivity index (χ1n) is 9.84. The Hall–Kier alpha value is -2.91. The number of unbranched alkanes of at least 4 members (excludes halogenated alkanes) is 1. The van der Waals surface area contributed by atoms with E-state index < -0.39 is 24.0 Å². The molecule has 1 saturated heterocycles. The van der Waals surface area contributed by atoms with Gasteiger partial charge in [-0.05, 0) is 25.0 Å². The van der Waals surface area contributed by atoms with Crippen molar-refractivity contribution in [1.82, 2.24) is 19.5 Å². The van der Waals surface area contributed by atoms with Gasteiger partial charge in [-0.1, -0.05) is 31.5 Å². The Morgan fingerprint density at radius 3 is 2.97 bits per heavy atom. The molecule has 1 aliphatic heterocycles. The van der Waals surface area contributed by atoms with Crippen molar-refractivity contribution in [2.45, 2.75) is 57.1 Å². The summed E-state index contributed by atoms with van der Waals surface area (Å²) >= 11 is 0. The van der Waals surface area contributed by atoms with Crippen LogP contribution in [0, 0.1) is 0 Å². The molecule has 0 saturated carbocycles. The average Bonchev–Trinajstić information content (AvgIpc) is 3.29. The van der Waals surface area contributed by atoms with Crippen LogP contribution in [0.15, 0.2) is 41.5 Å². The van der Waals surface area contributed by atoms with Crippen LogP contribution in [-0.2, 0) is 4.74 Å². The molecule has 0 aliphatic carbocycles. The maximum Gasteiger partial charge on any atom is 0.280 e. The molecule has 4 rings (SSSR count). The Bertz CT molecular complexity index is 1020. The van der Waals surface area contributed by atoms with Crippen molar-refractivity contribution in [1.29, 1.82) is 0 Å². The first kappa shape index (κ1) is 19.4. The monoisotopic (exact) mass is 399 g/mol. The molecule has 0 amide bonds. The number of aromatic nitrogens is 4. The van der Waals surface area contributed by atoms with E-state index in [1.54, 1.807) is 4.57 Å². The molecule has 3 heterocycles. The van der Waals surface area contributed by atoms with Crippen molar-refractivity contribution in [2.75, 3.05) is 5.73 Å². The van der Waals surface area contributed by atoms with Crippen LogP contribution in [0.3, 0.4) is 0 Å². The van der Waals surface area contributed by atoms with Crippen LogP contribution in [0.25, 0.3) is 11.2 Å². The highest BCUT2D eigenvalue weighted by atomic mass is 16.6. The number of fused-ring (bicyclic) bond motifs is 1. The number of aromatic amines is 1. The number of aliphatic hydroxyl groups is 1. The summed E-state index contributed by atoms with van der Waals surface area (Å²) in [6, 6.07) is 9.52. The largest absolute Gasteiger partial charge is 0.488 e. The molecular formula is C20H25N5O4. The molecule has 1 unspecified atom stereocenters. The zero-order chi connectivity index (χ0) is 20.4. The molecule has 2 aromatic heterocycles. The number of anilines is 1. The number of aliphatic hydroxyl groups excluding tert-OH is 1. The molecular weight excluding hydrogens is 374 g/mol. The van der Waals surface area contributed by atoms with Crippen molar-refractivity contribution < 1.29 is 14.6 Å². The van der Waals surface area contributed by atoms with Crippen LogP contribution in [0.5, 0.6) is 5.75 Å². The summed E-state index contributed by atoms with van der Waals surface area (Å²) in [5.74, 6) is 0.745. The number of para-hydroxylation sites is 1. The molecule has 1 fully saturated rings. The van der Waals surface area contributed by atoms with Crippen LogP contribution in [-0.4, -0.2) is 42.9 Å². The summed E-state index contributed by atoms with van der Waals surface area (Å²) in [6.45, 7) is 2.11. The van der Waals surface area contributed by atoms with E-state index in [-0.39, 0.29) is 17.6 Å². The summed E-state index contributed by atoms with van der Waals surface area (Å²) in [6.07, 6.45) is 2.51. The van der Waals surface area contributed by atoms with E-state index in [1.165, 1.54) is 6.33 Å². The lowest BCUT2D eigenvalue weighted by molar-refractivity contribution is -0.0752. The molecule has 1 aromatic carbocycles. The van der Waals surface area contributed by atoms with Gasteiger partial charge in [0.2, 0.25) is 5.95 Å². The zero-order valence-electron chi connectivity index (χ0n) is 16.2. The molecule has 0 bridgehead atoms. The number of ether oxygens (including phenoxy) is 2. The van der Waals surface area contributed by atoms with Gasteiger partial charge in [0.25, 0.3) is 5.56 Å². The number of nitrogens with one attached hydrogen (secondary N) is 1. The van der Waals surface area contributed by atoms with E-state index in [1.807, 2.05) is 30.3 Å². The first-order chi connectivity index (χ1) is 14.1. The molecule has 0 radical (unpaired) electrons. The van der Waals surface area contributed by atoms with Gasteiger partial charge in [-0.2, -0.15) is 4.98 Å². The highest BCUT2D eigenvalue weighted by Gasteiger charge is 2.41. The Kier molecular flexibility index (Phi) is 5.50. The lowest BCUT2D eigenvalue weighted by atomic mass is 10.0. The second kappa shape index (κ2) is 8.22. The minimum absolute atomic E-state index is 0.00702. The minimum atomic E-state index is -0.720. The Balaban J connectivity index is 1.58. The number of nitrogens with zero attached hydrogens (tertiary/aromatic N) is 3. The summed E-state index contributed by atoms with van der Waals surface area (Å²) < 4.78 is 14.0. The number of hydrogen-bond donors (Lipinski definition) is 3. The molecule has 4 N–H and O–H groups in total. The van der Waals surface area contributed by atoms with Crippen LogP contribution in [0.1, 0.15) is 38.8 Å². The van der Waals surface area contributed by atoms with E-state index in [2.05, 4.69) is 21.9 Å². The van der Waals surface area contributed by atoms with Crippen molar-refractivity contribution in [3.8, 4) is 5.75 Å². The van der Waals surface area contributed by atoms with E-state index in [0.717, 1.165) is 25.0 Å². The van der Waals surface area contributed by atoms with Crippen LogP contribution >= 0.6 is 0 Å². The molecule has 1 aliphatic rings. The number of hydrogen-bond acceptors (Lipinski definition) is 7. The molecule has 29 heavy (non-hydrogen) atoms. The lowest BCUT2D eigenvalue weighted by Gasteiger charge is -2.27. The summed E-state index contributed by atoms with van der Waals surface area (Å²) in [4.78, 5) is 22.8. The minimum Gasteiger partial charge on any atom is -0.488 e. The quantitative estimate of drug-likeness (QED) is 0.554. The van der Waals surface area contributed by atoms with Crippen LogP contribution < -0.4 is 16.0 Å².